The van der Waals surface area contributed by atoms with Crippen molar-refractivity contribution in [2.24, 2.45) is 5.92 Å². The summed E-state index contributed by atoms with van der Waals surface area (Å²) in [6, 6.07) is 5.99. The largest absolute Gasteiger partial charge is 0.352 e. The van der Waals surface area contributed by atoms with Crippen molar-refractivity contribution in [1.29, 1.82) is 0 Å². The first-order chi connectivity index (χ1) is 13.0. The lowest BCUT2D eigenvalue weighted by Crippen LogP contribution is -2.43. The van der Waals surface area contributed by atoms with Gasteiger partial charge in [0.1, 0.15) is 5.82 Å². The fourth-order valence-corrected chi connectivity index (χ4v) is 3.50. The first kappa shape index (κ1) is 19.6. The van der Waals surface area contributed by atoms with Gasteiger partial charge in [0.05, 0.1) is 15.6 Å². The SMILES string of the molecule is O=C(NCc1cccnc1)C1CCN(C(=O)c2cc(F)c(Cl)cc2Cl)CC1. The van der Waals surface area contributed by atoms with Crippen LogP contribution >= 0.6 is 23.2 Å². The van der Waals surface area contributed by atoms with Gasteiger partial charge in [-0.2, -0.15) is 0 Å². The van der Waals surface area contributed by atoms with Gasteiger partial charge in [0.15, 0.2) is 0 Å². The molecule has 0 spiro atoms. The highest BCUT2D eigenvalue weighted by Gasteiger charge is 2.29. The van der Waals surface area contributed by atoms with E-state index in [-0.39, 0.29) is 33.3 Å². The predicted molar refractivity (Wildman–Crippen MR) is 101 cm³/mol. The summed E-state index contributed by atoms with van der Waals surface area (Å²) in [5.41, 5.74) is 1.01. The summed E-state index contributed by atoms with van der Waals surface area (Å²) in [5.74, 6) is -1.25. The Kier molecular flexibility index (Phi) is 6.29. The smallest absolute Gasteiger partial charge is 0.255 e. The van der Waals surface area contributed by atoms with Crippen LogP contribution in [0.15, 0.2) is 36.7 Å². The number of hydrogen-bond donors (Lipinski definition) is 1. The van der Waals surface area contributed by atoms with Crippen molar-refractivity contribution in [3.63, 3.8) is 0 Å². The van der Waals surface area contributed by atoms with Crippen LogP contribution in [0.25, 0.3) is 0 Å². The van der Waals surface area contributed by atoms with Crippen LogP contribution in [0.5, 0.6) is 0 Å². The van der Waals surface area contributed by atoms with E-state index in [9.17, 15) is 14.0 Å². The molecule has 1 aromatic carbocycles. The van der Waals surface area contributed by atoms with Crippen molar-refractivity contribution in [3.05, 3.63) is 63.6 Å². The van der Waals surface area contributed by atoms with Gasteiger partial charge in [-0.05, 0) is 36.6 Å². The number of nitrogens with one attached hydrogen (secondary N) is 1. The molecular formula is C19H18Cl2FN3O2. The van der Waals surface area contributed by atoms with E-state index in [1.54, 1.807) is 17.3 Å². The van der Waals surface area contributed by atoms with E-state index in [1.807, 2.05) is 12.1 Å². The number of halogens is 3. The molecule has 1 aromatic heterocycles. The minimum atomic E-state index is -0.686. The van der Waals surface area contributed by atoms with Crippen LogP contribution in [-0.2, 0) is 11.3 Å². The van der Waals surface area contributed by atoms with Gasteiger partial charge in [0.25, 0.3) is 5.91 Å². The molecule has 0 unspecified atom stereocenters. The molecule has 2 heterocycles. The number of benzene rings is 1. The Labute approximate surface area is 166 Å². The normalized spacial score (nSPS) is 14.9. The zero-order valence-electron chi connectivity index (χ0n) is 14.4. The second-order valence-corrected chi connectivity index (χ2v) is 7.21. The van der Waals surface area contributed by atoms with Crippen molar-refractivity contribution >= 4 is 35.0 Å². The molecule has 0 radical (unpaired) electrons. The molecule has 1 N–H and O–H groups in total. The molecule has 27 heavy (non-hydrogen) atoms. The van der Waals surface area contributed by atoms with Crippen molar-refractivity contribution in [1.82, 2.24) is 15.2 Å². The third-order valence-electron chi connectivity index (χ3n) is 4.58. The van der Waals surface area contributed by atoms with Crippen LogP contribution in [-0.4, -0.2) is 34.8 Å². The molecule has 8 heteroatoms. The summed E-state index contributed by atoms with van der Waals surface area (Å²) in [5, 5.41) is 2.89. The lowest BCUT2D eigenvalue weighted by molar-refractivity contribution is -0.126. The van der Waals surface area contributed by atoms with E-state index in [1.165, 1.54) is 6.07 Å². The first-order valence-electron chi connectivity index (χ1n) is 8.56. The Morgan fingerprint density at radius 3 is 2.63 bits per heavy atom. The summed E-state index contributed by atoms with van der Waals surface area (Å²) >= 11 is 11.7. The van der Waals surface area contributed by atoms with E-state index in [0.29, 0.717) is 32.5 Å². The Morgan fingerprint density at radius 1 is 1.22 bits per heavy atom. The fraction of sp³-hybridized carbons (Fsp3) is 0.316. The quantitative estimate of drug-likeness (QED) is 0.783. The molecule has 5 nitrogen and oxygen atoms in total. The third-order valence-corrected chi connectivity index (χ3v) is 5.19. The van der Waals surface area contributed by atoms with Gasteiger partial charge in [-0.1, -0.05) is 29.3 Å². The maximum atomic E-state index is 13.7. The molecule has 2 amide bonds. The predicted octanol–water partition coefficient (Wildman–Crippen LogP) is 3.70. The number of likely N-dealkylation sites (tertiary alicyclic amines) is 1. The fourth-order valence-electron chi connectivity index (χ4n) is 3.04. The van der Waals surface area contributed by atoms with Crippen LogP contribution in [0.4, 0.5) is 4.39 Å². The monoisotopic (exact) mass is 409 g/mol. The van der Waals surface area contributed by atoms with Crippen LogP contribution in [0, 0.1) is 11.7 Å². The topological polar surface area (TPSA) is 62.3 Å². The second kappa shape index (κ2) is 8.67. The minimum absolute atomic E-state index is 0.0403. The highest BCUT2D eigenvalue weighted by atomic mass is 35.5. The summed E-state index contributed by atoms with van der Waals surface area (Å²) in [7, 11) is 0. The molecule has 0 atom stereocenters. The van der Waals surface area contributed by atoms with Gasteiger partial charge in [0, 0.05) is 37.9 Å². The maximum Gasteiger partial charge on any atom is 0.255 e. The van der Waals surface area contributed by atoms with Crippen LogP contribution in [0.1, 0.15) is 28.8 Å². The van der Waals surface area contributed by atoms with Gasteiger partial charge in [0.2, 0.25) is 5.91 Å². The van der Waals surface area contributed by atoms with Crippen LogP contribution < -0.4 is 5.32 Å². The number of piperidine rings is 1. The van der Waals surface area contributed by atoms with E-state index in [2.05, 4.69) is 10.3 Å². The number of carbonyl (C=O) groups is 2. The highest BCUT2D eigenvalue weighted by Crippen LogP contribution is 2.27. The van der Waals surface area contributed by atoms with E-state index in [4.69, 9.17) is 23.2 Å². The Hall–Kier alpha value is -2.18. The Morgan fingerprint density at radius 2 is 1.96 bits per heavy atom. The number of aromatic nitrogens is 1. The lowest BCUT2D eigenvalue weighted by atomic mass is 9.95. The van der Waals surface area contributed by atoms with Crippen LogP contribution in [0.3, 0.4) is 0 Å². The average Bonchev–Trinajstić information content (AvgIpc) is 2.69. The molecule has 1 saturated heterocycles. The lowest BCUT2D eigenvalue weighted by Gasteiger charge is -2.31. The first-order valence-corrected chi connectivity index (χ1v) is 9.31. The standard InChI is InChI=1S/C19H18Cl2FN3O2/c20-15-9-16(21)17(22)8-14(15)19(27)25-6-3-13(4-7-25)18(26)24-11-12-2-1-5-23-10-12/h1-2,5,8-10,13H,3-4,6-7,11H2,(H,24,26). The summed E-state index contributed by atoms with van der Waals surface area (Å²) in [6.45, 7) is 1.24. The molecule has 0 bridgehead atoms. The zero-order chi connectivity index (χ0) is 19.4. The molecule has 2 aromatic rings. The summed E-state index contributed by atoms with van der Waals surface area (Å²) < 4.78 is 13.7. The van der Waals surface area contributed by atoms with E-state index in [0.717, 1.165) is 11.6 Å². The summed E-state index contributed by atoms with van der Waals surface area (Å²) in [4.78, 5) is 30.5. The van der Waals surface area contributed by atoms with Gasteiger partial charge >= 0.3 is 0 Å². The van der Waals surface area contributed by atoms with Gasteiger partial charge in [-0.25, -0.2) is 4.39 Å². The Bertz CT molecular complexity index is 840. The number of hydrogen-bond acceptors (Lipinski definition) is 3. The van der Waals surface area contributed by atoms with Gasteiger partial charge in [-0.15, -0.1) is 0 Å². The van der Waals surface area contributed by atoms with Crippen molar-refractivity contribution in [2.75, 3.05) is 13.1 Å². The van der Waals surface area contributed by atoms with Crippen molar-refractivity contribution in [3.8, 4) is 0 Å². The number of amides is 2. The zero-order valence-corrected chi connectivity index (χ0v) is 15.9. The Balaban J connectivity index is 1.54. The average molecular weight is 410 g/mol. The molecule has 1 aliphatic rings. The van der Waals surface area contributed by atoms with Gasteiger partial charge in [-0.3, -0.25) is 14.6 Å². The third kappa shape index (κ3) is 4.76. The van der Waals surface area contributed by atoms with E-state index >= 15 is 0 Å². The number of nitrogens with zero attached hydrogens (tertiary/aromatic N) is 2. The number of pyridine rings is 1. The molecule has 3 rings (SSSR count). The molecule has 1 fully saturated rings. The van der Waals surface area contributed by atoms with Gasteiger partial charge < -0.3 is 10.2 Å². The second-order valence-electron chi connectivity index (χ2n) is 6.39. The van der Waals surface area contributed by atoms with E-state index < -0.39 is 5.82 Å². The minimum Gasteiger partial charge on any atom is -0.352 e. The maximum absolute atomic E-state index is 13.7. The molecular weight excluding hydrogens is 392 g/mol. The van der Waals surface area contributed by atoms with Crippen molar-refractivity contribution in [2.45, 2.75) is 19.4 Å². The van der Waals surface area contributed by atoms with Crippen molar-refractivity contribution < 1.29 is 14.0 Å². The molecule has 142 valence electrons. The molecule has 0 saturated carbocycles. The number of carbonyl (C=O) groups excluding carboxylic acids is 2. The summed E-state index contributed by atoms with van der Waals surface area (Å²) in [6.07, 6.45) is 4.46. The highest BCUT2D eigenvalue weighted by molar-refractivity contribution is 6.36. The molecule has 1 aliphatic heterocycles. The molecule has 0 aliphatic carbocycles. The number of rotatable bonds is 4. The van der Waals surface area contributed by atoms with Crippen LogP contribution in [0.2, 0.25) is 10.0 Å².